The molecule has 0 aromatic heterocycles. The summed E-state index contributed by atoms with van der Waals surface area (Å²) in [5.41, 5.74) is -2.03. The van der Waals surface area contributed by atoms with Crippen molar-refractivity contribution < 1.29 is 24.6 Å². The SMILES string of the molecule is N#CCCC(C(=O)O)(C(=O)O)C(=O)Cc1ccccc1. The number of nitrogens with zero attached hydrogens (tertiary/aromatic N) is 1. The van der Waals surface area contributed by atoms with Crippen LogP contribution in [0.5, 0.6) is 0 Å². The molecule has 0 spiro atoms. The molecular formula is C14H13NO5. The number of hydrogen-bond donors (Lipinski definition) is 2. The van der Waals surface area contributed by atoms with Crippen molar-refractivity contribution in [3.8, 4) is 6.07 Å². The zero-order valence-corrected chi connectivity index (χ0v) is 10.6. The average Bonchev–Trinajstić information content (AvgIpc) is 2.40. The van der Waals surface area contributed by atoms with Crippen molar-refractivity contribution >= 4 is 17.7 Å². The molecule has 1 aromatic carbocycles. The first kappa shape index (κ1) is 15.4. The van der Waals surface area contributed by atoms with Gasteiger partial charge < -0.3 is 10.2 Å². The fourth-order valence-electron chi connectivity index (χ4n) is 1.86. The quantitative estimate of drug-likeness (QED) is 0.724. The summed E-state index contributed by atoms with van der Waals surface area (Å²) in [5, 5.41) is 26.8. The molecule has 2 N–H and O–H groups in total. The highest BCUT2D eigenvalue weighted by Gasteiger charge is 2.52. The molecule has 0 saturated carbocycles. The van der Waals surface area contributed by atoms with Crippen molar-refractivity contribution in [3.63, 3.8) is 0 Å². The number of carboxylic acid groups (broad SMARTS) is 2. The van der Waals surface area contributed by atoms with Gasteiger partial charge in [0.05, 0.1) is 6.07 Å². The topological polar surface area (TPSA) is 115 Å². The summed E-state index contributed by atoms with van der Waals surface area (Å²) in [6.45, 7) is 0. The van der Waals surface area contributed by atoms with Crippen LogP contribution in [-0.4, -0.2) is 27.9 Å². The lowest BCUT2D eigenvalue weighted by molar-refractivity contribution is -0.168. The largest absolute Gasteiger partial charge is 0.480 e. The Morgan fingerprint density at radius 3 is 2.10 bits per heavy atom. The smallest absolute Gasteiger partial charge is 0.328 e. The Hall–Kier alpha value is -2.68. The first-order valence-electron chi connectivity index (χ1n) is 5.86. The van der Waals surface area contributed by atoms with Crippen molar-refractivity contribution in [2.75, 3.05) is 0 Å². The van der Waals surface area contributed by atoms with Gasteiger partial charge in [-0.2, -0.15) is 5.26 Å². The van der Waals surface area contributed by atoms with Crippen molar-refractivity contribution in [2.45, 2.75) is 19.3 Å². The Morgan fingerprint density at radius 1 is 1.10 bits per heavy atom. The van der Waals surface area contributed by atoms with Crippen LogP contribution in [0.2, 0.25) is 0 Å². The number of carboxylic acids is 2. The van der Waals surface area contributed by atoms with Crippen molar-refractivity contribution in [1.82, 2.24) is 0 Å². The molecular weight excluding hydrogens is 262 g/mol. The zero-order chi connectivity index (χ0) is 15.2. The lowest BCUT2D eigenvalue weighted by Gasteiger charge is -2.22. The Kier molecular flexibility index (Phi) is 4.98. The third-order valence-electron chi connectivity index (χ3n) is 3.03. The Morgan fingerprint density at radius 2 is 1.65 bits per heavy atom. The van der Waals surface area contributed by atoms with Crippen LogP contribution in [0.1, 0.15) is 18.4 Å². The Bertz CT molecular complexity index is 545. The summed E-state index contributed by atoms with van der Waals surface area (Å²) < 4.78 is 0. The van der Waals surface area contributed by atoms with Gasteiger partial charge in [0.2, 0.25) is 5.41 Å². The highest BCUT2D eigenvalue weighted by atomic mass is 16.4. The van der Waals surface area contributed by atoms with E-state index in [-0.39, 0.29) is 12.8 Å². The van der Waals surface area contributed by atoms with E-state index in [0.29, 0.717) is 5.56 Å². The number of carbonyl (C=O) groups excluding carboxylic acids is 1. The number of ketones is 1. The lowest BCUT2D eigenvalue weighted by atomic mass is 9.77. The first-order valence-corrected chi connectivity index (χ1v) is 5.86. The summed E-state index contributed by atoms with van der Waals surface area (Å²) in [5.74, 6) is -4.40. The molecule has 0 saturated heterocycles. The molecule has 1 rings (SSSR count). The normalized spacial score (nSPS) is 10.6. The second-order valence-electron chi connectivity index (χ2n) is 4.26. The molecule has 20 heavy (non-hydrogen) atoms. The molecule has 0 aliphatic carbocycles. The van der Waals surface area contributed by atoms with Crippen LogP contribution in [-0.2, 0) is 20.8 Å². The molecule has 0 fully saturated rings. The van der Waals surface area contributed by atoms with Crippen LogP contribution in [0.25, 0.3) is 0 Å². The van der Waals surface area contributed by atoms with Gasteiger partial charge >= 0.3 is 11.9 Å². The maximum absolute atomic E-state index is 12.2. The summed E-state index contributed by atoms with van der Waals surface area (Å²) in [4.78, 5) is 34.7. The third kappa shape index (κ3) is 3.01. The third-order valence-corrected chi connectivity index (χ3v) is 3.03. The standard InChI is InChI=1S/C14H13NO5/c15-8-4-7-14(12(17)18,13(19)20)11(16)9-10-5-2-1-3-6-10/h1-3,5-6H,4,7,9H2,(H,17,18)(H,19,20). The minimum atomic E-state index is -2.56. The van der Waals surface area contributed by atoms with Crippen LogP contribution in [0, 0.1) is 16.7 Å². The molecule has 0 aliphatic heterocycles. The molecule has 0 heterocycles. The van der Waals surface area contributed by atoms with E-state index in [0.717, 1.165) is 0 Å². The Labute approximate surface area is 115 Å². The second kappa shape index (κ2) is 6.48. The van der Waals surface area contributed by atoms with Crippen molar-refractivity contribution in [1.29, 1.82) is 5.26 Å². The molecule has 0 amide bonds. The lowest BCUT2D eigenvalue weighted by Crippen LogP contribution is -2.47. The highest BCUT2D eigenvalue weighted by molar-refractivity contribution is 6.19. The van der Waals surface area contributed by atoms with E-state index in [1.165, 1.54) is 0 Å². The van der Waals surface area contributed by atoms with Gasteiger partial charge in [-0.1, -0.05) is 30.3 Å². The van der Waals surface area contributed by atoms with Crippen molar-refractivity contribution in [3.05, 3.63) is 35.9 Å². The van der Waals surface area contributed by atoms with Gasteiger partial charge in [0, 0.05) is 12.8 Å². The van der Waals surface area contributed by atoms with E-state index in [9.17, 15) is 14.4 Å². The van der Waals surface area contributed by atoms with Crippen LogP contribution in [0.15, 0.2) is 30.3 Å². The monoisotopic (exact) mass is 275 g/mol. The molecule has 0 aliphatic rings. The van der Waals surface area contributed by atoms with Gasteiger partial charge in [-0.15, -0.1) is 0 Å². The van der Waals surface area contributed by atoms with Crippen LogP contribution in [0.4, 0.5) is 0 Å². The number of rotatable bonds is 7. The molecule has 6 heteroatoms. The summed E-state index contributed by atoms with van der Waals surface area (Å²) in [7, 11) is 0. The zero-order valence-electron chi connectivity index (χ0n) is 10.6. The molecule has 104 valence electrons. The number of aliphatic carboxylic acids is 2. The van der Waals surface area contributed by atoms with Gasteiger partial charge in [-0.05, 0) is 12.0 Å². The van der Waals surface area contributed by atoms with Gasteiger partial charge in [0.25, 0.3) is 0 Å². The van der Waals surface area contributed by atoms with Gasteiger partial charge in [0.15, 0.2) is 5.78 Å². The van der Waals surface area contributed by atoms with Crippen LogP contribution in [0.3, 0.4) is 0 Å². The van der Waals surface area contributed by atoms with Crippen LogP contribution < -0.4 is 0 Å². The first-order chi connectivity index (χ1) is 9.45. The molecule has 0 atom stereocenters. The fourth-order valence-corrected chi connectivity index (χ4v) is 1.86. The predicted octanol–water partition coefficient (Wildman–Crippen LogP) is 1.26. The van der Waals surface area contributed by atoms with Gasteiger partial charge in [-0.3, -0.25) is 14.4 Å². The van der Waals surface area contributed by atoms with Crippen molar-refractivity contribution in [2.24, 2.45) is 5.41 Å². The van der Waals surface area contributed by atoms with E-state index < -0.39 is 29.6 Å². The van der Waals surface area contributed by atoms with E-state index in [1.54, 1.807) is 36.4 Å². The van der Waals surface area contributed by atoms with E-state index in [4.69, 9.17) is 15.5 Å². The highest BCUT2D eigenvalue weighted by Crippen LogP contribution is 2.28. The van der Waals surface area contributed by atoms with E-state index in [2.05, 4.69) is 0 Å². The molecule has 0 radical (unpaired) electrons. The minimum Gasteiger partial charge on any atom is -0.480 e. The average molecular weight is 275 g/mol. The maximum Gasteiger partial charge on any atom is 0.328 e. The predicted molar refractivity (Wildman–Crippen MR) is 67.7 cm³/mol. The maximum atomic E-state index is 12.2. The Balaban J connectivity index is 3.10. The summed E-state index contributed by atoms with van der Waals surface area (Å²) in [6, 6.07) is 9.95. The fraction of sp³-hybridized carbons (Fsp3) is 0.286. The molecule has 6 nitrogen and oxygen atoms in total. The number of Topliss-reactive ketones (excluding diaryl/α,β-unsaturated/α-hetero) is 1. The molecule has 0 unspecified atom stereocenters. The van der Waals surface area contributed by atoms with Gasteiger partial charge in [-0.25, -0.2) is 0 Å². The minimum absolute atomic E-state index is 0.301. The second-order valence-corrected chi connectivity index (χ2v) is 4.26. The molecule has 1 aromatic rings. The van der Waals surface area contributed by atoms with E-state index >= 15 is 0 Å². The summed E-state index contributed by atoms with van der Waals surface area (Å²) in [6.07, 6.45) is -1.16. The number of benzene rings is 1. The molecule has 0 bridgehead atoms. The number of carbonyl (C=O) groups is 3. The van der Waals surface area contributed by atoms with E-state index in [1.807, 2.05) is 0 Å². The van der Waals surface area contributed by atoms with Crippen LogP contribution >= 0.6 is 0 Å². The summed E-state index contributed by atoms with van der Waals surface area (Å²) >= 11 is 0. The van der Waals surface area contributed by atoms with Gasteiger partial charge in [0.1, 0.15) is 0 Å². The number of nitriles is 1. The number of hydrogen-bond acceptors (Lipinski definition) is 4.